The summed E-state index contributed by atoms with van der Waals surface area (Å²) in [5.41, 5.74) is 1.32. The van der Waals surface area contributed by atoms with E-state index in [0.29, 0.717) is 5.92 Å². The van der Waals surface area contributed by atoms with Crippen molar-refractivity contribution in [1.29, 1.82) is 0 Å². The highest BCUT2D eigenvalue weighted by Crippen LogP contribution is 2.21. The van der Waals surface area contributed by atoms with Gasteiger partial charge in [0.15, 0.2) is 0 Å². The lowest BCUT2D eigenvalue weighted by molar-refractivity contribution is -0.129. The lowest BCUT2D eigenvalue weighted by Gasteiger charge is -2.34. The van der Waals surface area contributed by atoms with Crippen LogP contribution in [0.5, 0.6) is 0 Å². The number of carbonyl (C=O) groups excluding carboxylic acids is 1. The zero-order chi connectivity index (χ0) is 17.4. The maximum atomic E-state index is 11.8. The van der Waals surface area contributed by atoms with E-state index in [2.05, 4.69) is 28.9 Å². The second kappa shape index (κ2) is 10.0. The van der Waals surface area contributed by atoms with E-state index in [1.54, 1.807) is 6.92 Å². The number of nitrogens with zero attached hydrogens (tertiary/aromatic N) is 2. The van der Waals surface area contributed by atoms with Crippen LogP contribution in [-0.4, -0.2) is 41.9 Å². The van der Waals surface area contributed by atoms with Crippen molar-refractivity contribution in [2.24, 2.45) is 5.92 Å². The minimum absolute atomic E-state index is 0.231. The van der Waals surface area contributed by atoms with Crippen LogP contribution in [0.2, 0.25) is 5.02 Å². The van der Waals surface area contributed by atoms with Crippen molar-refractivity contribution >= 4 is 17.5 Å². The molecule has 0 bridgehead atoms. The molecule has 0 unspecified atom stereocenters. The first-order valence-electron chi connectivity index (χ1n) is 9.30. The van der Waals surface area contributed by atoms with Crippen LogP contribution in [0.4, 0.5) is 0 Å². The Kier molecular flexibility index (Phi) is 8.07. The molecule has 0 N–H and O–H groups in total. The maximum absolute atomic E-state index is 11.8. The Labute approximate surface area is 152 Å². The first-order chi connectivity index (χ1) is 11.6. The van der Waals surface area contributed by atoms with Crippen molar-refractivity contribution in [3.63, 3.8) is 0 Å². The Morgan fingerprint density at radius 2 is 1.88 bits per heavy atom. The van der Waals surface area contributed by atoms with Gasteiger partial charge in [0.2, 0.25) is 5.91 Å². The minimum atomic E-state index is 0.231. The Balaban J connectivity index is 1.74. The van der Waals surface area contributed by atoms with Crippen LogP contribution in [0, 0.1) is 5.92 Å². The van der Waals surface area contributed by atoms with Crippen LogP contribution in [-0.2, 0) is 11.3 Å². The Hall–Kier alpha value is -1.06. The molecule has 1 aromatic rings. The summed E-state index contributed by atoms with van der Waals surface area (Å²) in [6.45, 7) is 9.01. The monoisotopic (exact) mass is 350 g/mol. The van der Waals surface area contributed by atoms with Crippen molar-refractivity contribution in [3.05, 3.63) is 34.9 Å². The predicted molar refractivity (Wildman–Crippen MR) is 101 cm³/mol. The second-order valence-corrected chi connectivity index (χ2v) is 7.45. The average molecular weight is 351 g/mol. The van der Waals surface area contributed by atoms with Gasteiger partial charge in [-0.05, 0) is 56.0 Å². The standard InChI is InChI=1S/C20H31ClN2O/c1-3-4-5-12-23(17(2)24)16-19-10-13-22(14-11-19)15-18-6-8-20(21)9-7-18/h6-9,19H,3-5,10-16H2,1-2H3. The lowest BCUT2D eigenvalue weighted by atomic mass is 9.95. The van der Waals surface area contributed by atoms with Gasteiger partial charge in [-0.15, -0.1) is 0 Å². The van der Waals surface area contributed by atoms with Gasteiger partial charge in [0.05, 0.1) is 0 Å². The molecule has 0 spiro atoms. The molecule has 1 aromatic carbocycles. The van der Waals surface area contributed by atoms with Crippen LogP contribution < -0.4 is 0 Å². The summed E-state index contributed by atoms with van der Waals surface area (Å²) in [5, 5.41) is 0.796. The Bertz CT molecular complexity index is 495. The van der Waals surface area contributed by atoms with Gasteiger partial charge in [0, 0.05) is 31.6 Å². The largest absolute Gasteiger partial charge is 0.343 e. The smallest absolute Gasteiger partial charge is 0.219 e. The third kappa shape index (κ3) is 6.45. The van der Waals surface area contributed by atoms with E-state index in [-0.39, 0.29) is 5.91 Å². The average Bonchev–Trinajstić information content (AvgIpc) is 2.57. The molecule has 1 aliphatic rings. The van der Waals surface area contributed by atoms with E-state index >= 15 is 0 Å². The fraction of sp³-hybridized carbons (Fsp3) is 0.650. The number of benzene rings is 1. The molecule has 0 radical (unpaired) electrons. The number of rotatable bonds is 8. The second-order valence-electron chi connectivity index (χ2n) is 7.02. The van der Waals surface area contributed by atoms with Crippen LogP contribution in [0.25, 0.3) is 0 Å². The molecular formula is C20H31ClN2O. The molecule has 4 heteroatoms. The summed E-state index contributed by atoms with van der Waals surface area (Å²) < 4.78 is 0. The van der Waals surface area contributed by atoms with Crippen molar-refractivity contribution in [3.8, 4) is 0 Å². The van der Waals surface area contributed by atoms with Gasteiger partial charge in [-0.25, -0.2) is 0 Å². The molecule has 0 saturated carbocycles. The zero-order valence-corrected chi connectivity index (χ0v) is 15.9. The number of hydrogen-bond acceptors (Lipinski definition) is 2. The topological polar surface area (TPSA) is 23.6 Å². The highest BCUT2D eigenvalue weighted by atomic mass is 35.5. The summed E-state index contributed by atoms with van der Waals surface area (Å²) in [4.78, 5) is 16.4. The number of piperidine rings is 1. The number of halogens is 1. The molecule has 0 aromatic heterocycles. The Morgan fingerprint density at radius 1 is 1.21 bits per heavy atom. The summed E-state index contributed by atoms with van der Waals surface area (Å²) in [6.07, 6.45) is 5.92. The zero-order valence-electron chi connectivity index (χ0n) is 15.1. The summed E-state index contributed by atoms with van der Waals surface area (Å²) in [7, 11) is 0. The quantitative estimate of drug-likeness (QED) is 0.640. The lowest BCUT2D eigenvalue weighted by Crippen LogP contribution is -2.40. The number of amides is 1. The molecular weight excluding hydrogens is 320 g/mol. The van der Waals surface area contributed by atoms with Gasteiger partial charge in [0.1, 0.15) is 0 Å². The molecule has 0 aliphatic carbocycles. The van der Waals surface area contributed by atoms with E-state index in [9.17, 15) is 4.79 Å². The van der Waals surface area contributed by atoms with E-state index in [1.807, 2.05) is 12.1 Å². The summed E-state index contributed by atoms with van der Waals surface area (Å²) in [6, 6.07) is 8.15. The molecule has 1 saturated heterocycles. The third-order valence-electron chi connectivity index (χ3n) is 4.98. The van der Waals surface area contributed by atoms with Crippen LogP contribution in [0.3, 0.4) is 0 Å². The maximum Gasteiger partial charge on any atom is 0.219 e. The van der Waals surface area contributed by atoms with Gasteiger partial charge in [-0.2, -0.15) is 0 Å². The van der Waals surface area contributed by atoms with Crippen LogP contribution in [0.15, 0.2) is 24.3 Å². The SMILES string of the molecule is CCCCCN(CC1CCN(Cc2ccc(Cl)cc2)CC1)C(C)=O. The normalized spacial score (nSPS) is 16.3. The highest BCUT2D eigenvalue weighted by molar-refractivity contribution is 6.30. The summed E-state index contributed by atoms with van der Waals surface area (Å²) in [5.74, 6) is 0.881. The highest BCUT2D eigenvalue weighted by Gasteiger charge is 2.22. The Morgan fingerprint density at radius 3 is 2.46 bits per heavy atom. The fourth-order valence-electron chi connectivity index (χ4n) is 3.42. The molecule has 134 valence electrons. The first kappa shape index (κ1) is 19.3. The molecule has 1 fully saturated rings. The van der Waals surface area contributed by atoms with E-state index < -0.39 is 0 Å². The number of hydrogen-bond donors (Lipinski definition) is 0. The van der Waals surface area contributed by atoms with Gasteiger partial charge in [0.25, 0.3) is 0 Å². The summed E-state index contributed by atoms with van der Waals surface area (Å²) >= 11 is 5.95. The van der Waals surface area contributed by atoms with Gasteiger partial charge in [-0.3, -0.25) is 9.69 Å². The molecule has 1 aliphatic heterocycles. The van der Waals surface area contributed by atoms with Crippen molar-refractivity contribution < 1.29 is 4.79 Å². The number of carbonyl (C=O) groups is 1. The first-order valence-corrected chi connectivity index (χ1v) is 9.68. The molecule has 3 nitrogen and oxygen atoms in total. The molecule has 2 rings (SSSR count). The van der Waals surface area contributed by atoms with Gasteiger partial charge >= 0.3 is 0 Å². The predicted octanol–water partition coefficient (Wildman–Crippen LogP) is 4.59. The van der Waals surface area contributed by atoms with Crippen molar-refractivity contribution in [2.45, 2.75) is 52.5 Å². The molecule has 24 heavy (non-hydrogen) atoms. The fourth-order valence-corrected chi connectivity index (χ4v) is 3.54. The van der Waals surface area contributed by atoms with Gasteiger partial charge < -0.3 is 4.90 Å². The number of likely N-dealkylation sites (tertiary alicyclic amines) is 1. The molecule has 1 amide bonds. The van der Waals surface area contributed by atoms with Crippen LogP contribution in [0.1, 0.15) is 51.5 Å². The van der Waals surface area contributed by atoms with E-state index in [1.165, 1.54) is 31.2 Å². The molecule has 1 heterocycles. The van der Waals surface area contributed by atoms with E-state index in [4.69, 9.17) is 11.6 Å². The van der Waals surface area contributed by atoms with Gasteiger partial charge in [-0.1, -0.05) is 43.5 Å². The van der Waals surface area contributed by atoms with Crippen LogP contribution >= 0.6 is 11.6 Å². The van der Waals surface area contributed by atoms with Crippen molar-refractivity contribution in [2.75, 3.05) is 26.2 Å². The molecule has 0 atom stereocenters. The number of unbranched alkanes of at least 4 members (excludes halogenated alkanes) is 2. The van der Waals surface area contributed by atoms with E-state index in [0.717, 1.165) is 44.2 Å². The minimum Gasteiger partial charge on any atom is -0.343 e. The third-order valence-corrected chi connectivity index (χ3v) is 5.23. The van der Waals surface area contributed by atoms with Crippen molar-refractivity contribution in [1.82, 2.24) is 9.80 Å².